The highest BCUT2D eigenvalue weighted by atomic mass is 32.1. The molecule has 7 heteroatoms. The Morgan fingerprint density at radius 1 is 1.40 bits per heavy atom. The normalized spacial score (nSPS) is 10.0. The molecule has 1 aromatic carbocycles. The average Bonchev–Trinajstić information content (AvgIpc) is 2.89. The third-order valence-corrected chi connectivity index (χ3v) is 2.99. The fourth-order valence-electron chi connectivity index (χ4n) is 1.51. The van der Waals surface area contributed by atoms with Gasteiger partial charge in [0.2, 0.25) is 0 Å². The van der Waals surface area contributed by atoms with Crippen LogP contribution in [0.3, 0.4) is 0 Å². The monoisotopic (exact) mass is 292 g/mol. The van der Waals surface area contributed by atoms with Crippen molar-refractivity contribution in [1.82, 2.24) is 4.98 Å². The molecule has 0 fully saturated rings. The number of hydrogen-bond acceptors (Lipinski definition) is 5. The summed E-state index contributed by atoms with van der Waals surface area (Å²) in [5.41, 5.74) is 0.621. The Bertz CT molecular complexity index is 598. The van der Waals surface area contributed by atoms with Crippen LogP contribution in [0.4, 0.5) is 5.13 Å². The maximum absolute atomic E-state index is 11.6. The quantitative estimate of drug-likeness (QED) is 0.847. The molecular weight excluding hydrogens is 280 g/mol. The molecule has 20 heavy (non-hydrogen) atoms. The molecule has 1 amide bonds. The van der Waals surface area contributed by atoms with Gasteiger partial charge in [0, 0.05) is 11.6 Å². The largest absolute Gasteiger partial charge is 0.484 e. The van der Waals surface area contributed by atoms with Crippen molar-refractivity contribution in [3.8, 4) is 5.75 Å². The Balaban J connectivity index is 1.87. The first-order chi connectivity index (χ1) is 9.63. The Labute approximate surface area is 119 Å². The van der Waals surface area contributed by atoms with Crippen molar-refractivity contribution in [2.75, 3.05) is 11.9 Å². The minimum absolute atomic E-state index is 0.0808. The molecule has 0 saturated carbocycles. The predicted molar refractivity (Wildman–Crippen MR) is 74.0 cm³/mol. The highest BCUT2D eigenvalue weighted by molar-refractivity contribution is 7.13. The maximum atomic E-state index is 11.6. The SMILES string of the molecule is O=C(O)Cc1cccc(OCC(=O)Nc2nccs2)c1. The molecular formula is C13H12N2O4S. The Morgan fingerprint density at radius 3 is 2.95 bits per heavy atom. The summed E-state index contributed by atoms with van der Waals surface area (Å²) in [5.74, 6) is -0.773. The van der Waals surface area contributed by atoms with E-state index in [0.717, 1.165) is 0 Å². The number of thiazole rings is 1. The summed E-state index contributed by atoms with van der Waals surface area (Å²) in [6.45, 7) is -0.157. The molecule has 0 aliphatic rings. The molecule has 0 saturated heterocycles. The van der Waals surface area contributed by atoms with Gasteiger partial charge in [0.15, 0.2) is 11.7 Å². The Kier molecular flexibility index (Phi) is 4.67. The Morgan fingerprint density at radius 2 is 2.25 bits per heavy atom. The second-order valence-corrected chi connectivity index (χ2v) is 4.79. The first kappa shape index (κ1) is 14.0. The van der Waals surface area contributed by atoms with Crippen LogP contribution in [0.15, 0.2) is 35.8 Å². The molecule has 0 spiro atoms. The van der Waals surface area contributed by atoms with Gasteiger partial charge < -0.3 is 9.84 Å². The number of carboxylic acids is 1. The van der Waals surface area contributed by atoms with Gasteiger partial charge in [-0.05, 0) is 17.7 Å². The molecule has 0 unspecified atom stereocenters. The van der Waals surface area contributed by atoms with Gasteiger partial charge in [-0.1, -0.05) is 12.1 Å². The third-order valence-electron chi connectivity index (χ3n) is 2.30. The van der Waals surface area contributed by atoms with Gasteiger partial charge in [-0.3, -0.25) is 14.9 Å². The second kappa shape index (κ2) is 6.67. The summed E-state index contributed by atoms with van der Waals surface area (Å²) < 4.78 is 5.31. The fraction of sp³-hybridized carbons (Fsp3) is 0.154. The molecule has 2 aromatic rings. The number of aliphatic carboxylic acids is 1. The van der Waals surface area contributed by atoms with Crippen LogP contribution in [0.25, 0.3) is 0 Å². The standard InChI is InChI=1S/C13H12N2O4S/c16-11(15-13-14-4-5-20-13)8-19-10-3-1-2-9(6-10)7-12(17)18/h1-6H,7-8H2,(H,17,18)(H,14,15,16). The zero-order chi connectivity index (χ0) is 14.4. The van der Waals surface area contributed by atoms with Gasteiger partial charge in [-0.15, -0.1) is 11.3 Å². The van der Waals surface area contributed by atoms with Crippen LogP contribution in [-0.2, 0) is 16.0 Å². The lowest BCUT2D eigenvalue weighted by atomic mass is 10.1. The van der Waals surface area contributed by atoms with Crippen molar-refractivity contribution < 1.29 is 19.4 Å². The highest BCUT2D eigenvalue weighted by Gasteiger charge is 2.06. The molecule has 2 rings (SSSR count). The van der Waals surface area contributed by atoms with Crippen LogP contribution in [0.5, 0.6) is 5.75 Å². The van der Waals surface area contributed by atoms with E-state index in [4.69, 9.17) is 9.84 Å². The number of carbonyl (C=O) groups excluding carboxylic acids is 1. The summed E-state index contributed by atoms with van der Waals surface area (Å²) in [6, 6.07) is 6.65. The molecule has 0 bridgehead atoms. The number of hydrogen-bond donors (Lipinski definition) is 2. The zero-order valence-corrected chi connectivity index (χ0v) is 11.2. The van der Waals surface area contributed by atoms with Crippen molar-refractivity contribution in [1.29, 1.82) is 0 Å². The van der Waals surface area contributed by atoms with E-state index in [9.17, 15) is 9.59 Å². The van der Waals surface area contributed by atoms with E-state index in [-0.39, 0.29) is 18.9 Å². The van der Waals surface area contributed by atoms with Crippen LogP contribution in [0.1, 0.15) is 5.56 Å². The molecule has 6 nitrogen and oxygen atoms in total. The molecule has 1 aromatic heterocycles. The lowest BCUT2D eigenvalue weighted by Crippen LogP contribution is -2.20. The second-order valence-electron chi connectivity index (χ2n) is 3.89. The van der Waals surface area contributed by atoms with E-state index in [1.54, 1.807) is 35.8 Å². The van der Waals surface area contributed by atoms with Crippen molar-refractivity contribution in [3.05, 3.63) is 41.4 Å². The van der Waals surface area contributed by atoms with E-state index < -0.39 is 5.97 Å². The van der Waals surface area contributed by atoms with Crippen LogP contribution in [-0.4, -0.2) is 28.6 Å². The van der Waals surface area contributed by atoms with Gasteiger partial charge in [0.1, 0.15) is 5.75 Å². The van der Waals surface area contributed by atoms with Crippen molar-refractivity contribution >= 4 is 28.3 Å². The smallest absolute Gasteiger partial charge is 0.307 e. The molecule has 0 atom stereocenters. The molecule has 0 aliphatic carbocycles. The van der Waals surface area contributed by atoms with Crippen molar-refractivity contribution in [2.24, 2.45) is 0 Å². The van der Waals surface area contributed by atoms with Crippen molar-refractivity contribution in [2.45, 2.75) is 6.42 Å². The van der Waals surface area contributed by atoms with E-state index in [2.05, 4.69) is 10.3 Å². The van der Waals surface area contributed by atoms with Crippen LogP contribution in [0, 0.1) is 0 Å². The van der Waals surface area contributed by atoms with E-state index in [1.165, 1.54) is 11.3 Å². The van der Waals surface area contributed by atoms with Gasteiger partial charge in [0.25, 0.3) is 5.91 Å². The number of rotatable bonds is 6. The van der Waals surface area contributed by atoms with E-state index >= 15 is 0 Å². The van der Waals surface area contributed by atoms with Crippen LogP contribution >= 0.6 is 11.3 Å². The highest BCUT2D eigenvalue weighted by Crippen LogP contribution is 2.14. The van der Waals surface area contributed by atoms with Crippen LogP contribution < -0.4 is 10.1 Å². The average molecular weight is 292 g/mol. The third kappa shape index (κ3) is 4.36. The molecule has 0 radical (unpaired) electrons. The number of carbonyl (C=O) groups is 2. The molecule has 104 valence electrons. The fourth-order valence-corrected chi connectivity index (χ4v) is 2.05. The summed E-state index contributed by atoms with van der Waals surface area (Å²) in [7, 11) is 0. The summed E-state index contributed by atoms with van der Waals surface area (Å²) >= 11 is 1.32. The van der Waals surface area contributed by atoms with Gasteiger partial charge in [-0.2, -0.15) is 0 Å². The number of aromatic nitrogens is 1. The van der Waals surface area contributed by atoms with Gasteiger partial charge >= 0.3 is 5.97 Å². The number of nitrogens with zero attached hydrogens (tertiary/aromatic N) is 1. The Hall–Kier alpha value is -2.41. The number of carboxylic acid groups (broad SMARTS) is 1. The lowest BCUT2D eigenvalue weighted by molar-refractivity contribution is -0.136. The minimum atomic E-state index is -0.913. The van der Waals surface area contributed by atoms with E-state index in [0.29, 0.717) is 16.4 Å². The summed E-state index contributed by atoms with van der Waals surface area (Å²) in [5, 5.41) is 13.6. The van der Waals surface area contributed by atoms with E-state index in [1.807, 2.05) is 0 Å². The predicted octanol–water partition coefficient (Wildman–Crippen LogP) is 1.79. The zero-order valence-electron chi connectivity index (χ0n) is 10.4. The topological polar surface area (TPSA) is 88.5 Å². The van der Waals surface area contributed by atoms with Gasteiger partial charge in [-0.25, -0.2) is 4.98 Å². The number of ether oxygens (including phenoxy) is 1. The first-order valence-corrected chi connectivity index (χ1v) is 6.64. The number of benzene rings is 1. The van der Waals surface area contributed by atoms with Gasteiger partial charge in [0.05, 0.1) is 6.42 Å². The molecule has 0 aliphatic heterocycles. The lowest BCUT2D eigenvalue weighted by Gasteiger charge is -2.07. The molecule has 1 heterocycles. The summed E-state index contributed by atoms with van der Waals surface area (Å²) in [6.07, 6.45) is 1.51. The van der Waals surface area contributed by atoms with Crippen molar-refractivity contribution in [3.63, 3.8) is 0 Å². The number of amides is 1. The minimum Gasteiger partial charge on any atom is -0.484 e. The number of nitrogens with one attached hydrogen (secondary N) is 1. The molecule has 2 N–H and O–H groups in total. The number of anilines is 1. The summed E-state index contributed by atoms with van der Waals surface area (Å²) in [4.78, 5) is 26.1. The maximum Gasteiger partial charge on any atom is 0.307 e. The first-order valence-electron chi connectivity index (χ1n) is 5.76. The van der Waals surface area contributed by atoms with Crippen LogP contribution in [0.2, 0.25) is 0 Å².